The van der Waals surface area contributed by atoms with E-state index in [2.05, 4.69) is 12.1 Å². The number of nitrogens with two attached hydrogens (primary N) is 1. The third-order valence-electron chi connectivity index (χ3n) is 2.40. The van der Waals surface area contributed by atoms with Gasteiger partial charge in [0, 0.05) is 12.0 Å². The van der Waals surface area contributed by atoms with Crippen LogP contribution >= 0.6 is 0 Å². The number of carbonyl (C=O) groups excluding carboxylic acids is 1. The number of carbonyl (C=O) groups is 1. The maximum Gasteiger partial charge on any atom is 0.282 e. The minimum atomic E-state index is -0.277. The molecule has 3 nitrogen and oxygen atoms in total. The normalized spacial score (nSPS) is 14.4. The third kappa shape index (κ3) is 1.82. The fraction of sp³-hybridized carbons (Fsp3) is 0.273. The van der Waals surface area contributed by atoms with Gasteiger partial charge in [-0.15, -0.1) is 0 Å². The molecule has 0 spiro atoms. The standard InChI is InChI=1S/C11H12N2O/c12-11(14)8-13-6-5-9-3-1-2-4-10(9)7-13/h1-4,7H,5-6,8H2,(H-,12,14)/p+1. The summed E-state index contributed by atoms with van der Waals surface area (Å²) in [5, 5.41) is 0. The Balaban J connectivity index is 2.26. The Morgan fingerprint density at radius 2 is 2.21 bits per heavy atom. The van der Waals surface area contributed by atoms with Crippen molar-refractivity contribution < 1.29 is 9.37 Å². The zero-order chi connectivity index (χ0) is 9.97. The highest BCUT2D eigenvalue weighted by Gasteiger charge is 2.16. The van der Waals surface area contributed by atoms with E-state index in [-0.39, 0.29) is 5.91 Å². The lowest BCUT2D eigenvalue weighted by atomic mass is 10.0. The van der Waals surface area contributed by atoms with Gasteiger partial charge < -0.3 is 5.73 Å². The first-order valence-electron chi connectivity index (χ1n) is 4.71. The molecule has 0 aliphatic carbocycles. The fourth-order valence-corrected chi connectivity index (χ4v) is 1.74. The number of hydrogen-bond acceptors (Lipinski definition) is 1. The minimum absolute atomic E-state index is 0.277. The summed E-state index contributed by atoms with van der Waals surface area (Å²) in [6, 6.07) is 8.22. The SMILES string of the molecule is NC(=O)C[N+]1=Cc2ccccc2CC1. The Bertz CT molecular complexity index is 396. The zero-order valence-electron chi connectivity index (χ0n) is 7.94. The molecule has 0 unspecified atom stereocenters. The maximum atomic E-state index is 10.7. The van der Waals surface area contributed by atoms with Crippen LogP contribution in [-0.4, -0.2) is 29.8 Å². The van der Waals surface area contributed by atoms with Crippen molar-refractivity contribution in [3.8, 4) is 0 Å². The van der Waals surface area contributed by atoms with Crippen molar-refractivity contribution in [2.45, 2.75) is 6.42 Å². The Hall–Kier alpha value is -1.64. The van der Waals surface area contributed by atoms with Gasteiger partial charge in [0.05, 0.1) is 0 Å². The number of rotatable bonds is 2. The monoisotopic (exact) mass is 189 g/mol. The Kier molecular flexibility index (Phi) is 2.31. The average molecular weight is 189 g/mol. The van der Waals surface area contributed by atoms with Gasteiger partial charge in [-0.25, -0.2) is 4.58 Å². The van der Waals surface area contributed by atoms with Crippen molar-refractivity contribution in [2.75, 3.05) is 13.1 Å². The summed E-state index contributed by atoms with van der Waals surface area (Å²) in [5.41, 5.74) is 7.68. The van der Waals surface area contributed by atoms with E-state index in [4.69, 9.17) is 5.73 Å². The maximum absolute atomic E-state index is 10.7. The zero-order valence-corrected chi connectivity index (χ0v) is 7.94. The van der Waals surface area contributed by atoms with Gasteiger partial charge in [-0.05, 0) is 11.6 Å². The number of nitrogens with zero attached hydrogens (tertiary/aromatic N) is 1. The largest absolute Gasteiger partial charge is 0.364 e. The van der Waals surface area contributed by atoms with Crippen LogP contribution in [0.3, 0.4) is 0 Å². The highest BCUT2D eigenvalue weighted by Crippen LogP contribution is 2.10. The van der Waals surface area contributed by atoms with E-state index in [9.17, 15) is 4.79 Å². The summed E-state index contributed by atoms with van der Waals surface area (Å²) in [5.74, 6) is -0.277. The van der Waals surface area contributed by atoms with Crippen molar-refractivity contribution in [3.05, 3.63) is 35.4 Å². The molecule has 2 N–H and O–H groups in total. The summed E-state index contributed by atoms with van der Waals surface area (Å²) >= 11 is 0. The molecule has 14 heavy (non-hydrogen) atoms. The van der Waals surface area contributed by atoms with Crippen LogP contribution in [0.1, 0.15) is 11.1 Å². The van der Waals surface area contributed by atoms with Crippen LogP contribution in [0.5, 0.6) is 0 Å². The first kappa shape index (κ1) is 8.94. The molecule has 1 aliphatic rings. The van der Waals surface area contributed by atoms with Crippen molar-refractivity contribution in [2.24, 2.45) is 5.73 Å². The van der Waals surface area contributed by atoms with Crippen LogP contribution in [0.15, 0.2) is 24.3 Å². The van der Waals surface area contributed by atoms with Gasteiger partial charge in [-0.3, -0.25) is 4.79 Å². The van der Waals surface area contributed by atoms with E-state index in [1.807, 2.05) is 22.9 Å². The molecule has 1 heterocycles. The molecule has 1 aliphatic heterocycles. The number of amides is 1. The summed E-state index contributed by atoms with van der Waals surface area (Å²) in [4.78, 5) is 10.7. The van der Waals surface area contributed by atoms with Crippen LogP contribution in [-0.2, 0) is 11.2 Å². The molecular weight excluding hydrogens is 176 g/mol. The number of primary amides is 1. The molecule has 0 saturated heterocycles. The lowest BCUT2D eigenvalue weighted by molar-refractivity contribution is -0.512. The van der Waals surface area contributed by atoms with Crippen LogP contribution in [0.2, 0.25) is 0 Å². The van der Waals surface area contributed by atoms with Crippen LogP contribution in [0.25, 0.3) is 0 Å². The van der Waals surface area contributed by atoms with Crippen molar-refractivity contribution in [3.63, 3.8) is 0 Å². The summed E-state index contributed by atoms with van der Waals surface area (Å²) < 4.78 is 1.96. The Morgan fingerprint density at radius 3 is 3.00 bits per heavy atom. The van der Waals surface area contributed by atoms with Crippen molar-refractivity contribution in [1.29, 1.82) is 0 Å². The van der Waals surface area contributed by atoms with Crippen LogP contribution in [0, 0.1) is 0 Å². The molecule has 72 valence electrons. The second kappa shape index (κ2) is 3.62. The first-order chi connectivity index (χ1) is 6.75. The molecule has 0 bridgehead atoms. The van der Waals surface area contributed by atoms with Gasteiger partial charge >= 0.3 is 0 Å². The molecule has 3 heteroatoms. The smallest absolute Gasteiger partial charge is 0.282 e. The highest BCUT2D eigenvalue weighted by atomic mass is 16.1. The lowest BCUT2D eigenvalue weighted by Gasteiger charge is -2.10. The summed E-state index contributed by atoms with van der Waals surface area (Å²) in [6.45, 7) is 1.19. The van der Waals surface area contributed by atoms with Gasteiger partial charge in [0.25, 0.3) is 5.91 Å². The van der Waals surface area contributed by atoms with E-state index in [1.54, 1.807) is 0 Å². The topological polar surface area (TPSA) is 46.1 Å². The van der Waals surface area contributed by atoms with Gasteiger partial charge in [0.15, 0.2) is 6.21 Å². The van der Waals surface area contributed by atoms with Gasteiger partial charge in [-0.2, -0.15) is 0 Å². The van der Waals surface area contributed by atoms with Gasteiger partial charge in [0.1, 0.15) is 6.54 Å². The summed E-state index contributed by atoms with van der Waals surface area (Å²) in [6.07, 6.45) is 2.99. The molecule has 0 saturated carbocycles. The van der Waals surface area contributed by atoms with E-state index in [1.165, 1.54) is 11.1 Å². The number of fused-ring (bicyclic) bond motifs is 1. The predicted octanol–water partition coefficient (Wildman–Crippen LogP) is 0.159. The van der Waals surface area contributed by atoms with Crippen LogP contribution in [0.4, 0.5) is 0 Å². The third-order valence-corrected chi connectivity index (χ3v) is 2.40. The number of benzene rings is 1. The molecule has 0 fully saturated rings. The fourth-order valence-electron chi connectivity index (χ4n) is 1.74. The van der Waals surface area contributed by atoms with Crippen molar-refractivity contribution in [1.82, 2.24) is 0 Å². The molecule has 1 aromatic carbocycles. The highest BCUT2D eigenvalue weighted by molar-refractivity contribution is 5.80. The Morgan fingerprint density at radius 1 is 1.43 bits per heavy atom. The Labute approximate surface area is 82.9 Å². The molecular formula is C11H13N2O+. The predicted molar refractivity (Wildman–Crippen MR) is 54.5 cm³/mol. The second-order valence-corrected chi connectivity index (χ2v) is 3.51. The lowest BCUT2D eigenvalue weighted by Crippen LogP contribution is -2.31. The van der Waals surface area contributed by atoms with E-state index < -0.39 is 0 Å². The molecule has 2 rings (SSSR count). The number of hydrogen-bond donors (Lipinski definition) is 1. The quantitative estimate of drug-likeness (QED) is 0.662. The second-order valence-electron chi connectivity index (χ2n) is 3.51. The summed E-state index contributed by atoms with van der Waals surface area (Å²) in [7, 11) is 0. The van der Waals surface area contributed by atoms with Crippen LogP contribution < -0.4 is 5.73 Å². The van der Waals surface area contributed by atoms with Gasteiger partial charge in [-0.1, -0.05) is 18.2 Å². The molecule has 0 atom stereocenters. The van der Waals surface area contributed by atoms with E-state index >= 15 is 0 Å². The minimum Gasteiger partial charge on any atom is -0.364 e. The van der Waals surface area contributed by atoms with E-state index in [0.29, 0.717) is 6.54 Å². The molecule has 0 radical (unpaired) electrons. The average Bonchev–Trinajstić information content (AvgIpc) is 2.17. The molecule has 1 aromatic rings. The first-order valence-corrected chi connectivity index (χ1v) is 4.71. The molecule has 1 amide bonds. The van der Waals surface area contributed by atoms with Gasteiger partial charge in [0.2, 0.25) is 6.54 Å². The van der Waals surface area contributed by atoms with Crippen molar-refractivity contribution >= 4 is 12.1 Å². The molecule has 0 aromatic heterocycles. The van der Waals surface area contributed by atoms with E-state index in [0.717, 1.165) is 13.0 Å².